The molecule has 0 saturated carbocycles. The van der Waals surface area contributed by atoms with Gasteiger partial charge in [0.25, 0.3) is 0 Å². The Hall–Kier alpha value is -2.00. The van der Waals surface area contributed by atoms with Gasteiger partial charge in [0.2, 0.25) is 0 Å². The maximum absolute atomic E-state index is 12.2. The third-order valence-corrected chi connectivity index (χ3v) is 4.03. The molecular formula is C16H13NOS. The number of benzene rings is 2. The molecule has 0 radical (unpaired) electrons. The number of para-hydroxylation sites is 1. The summed E-state index contributed by atoms with van der Waals surface area (Å²) in [6, 6.07) is 15.7. The number of carbonyl (C=O) groups excluding carboxylic acids is 1. The molecule has 0 atom stereocenters. The molecule has 0 N–H and O–H groups in total. The van der Waals surface area contributed by atoms with Crippen molar-refractivity contribution in [2.24, 2.45) is 0 Å². The van der Waals surface area contributed by atoms with E-state index in [1.54, 1.807) is 11.3 Å². The fraction of sp³-hybridized carbons (Fsp3) is 0.125. The van der Waals surface area contributed by atoms with Crippen molar-refractivity contribution in [3.63, 3.8) is 0 Å². The molecule has 1 aromatic heterocycles. The van der Waals surface area contributed by atoms with Gasteiger partial charge in [-0.3, -0.25) is 4.79 Å². The van der Waals surface area contributed by atoms with E-state index in [9.17, 15) is 4.79 Å². The minimum absolute atomic E-state index is 0.128. The van der Waals surface area contributed by atoms with Crippen LogP contribution in [-0.2, 0) is 6.42 Å². The van der Waals surface area contributed by atoms with E-state index in [1.165, 1.54) is 0 Å². The van der Waals surface area contributed by atoms with Gasteiger partial charge in [-0.05, 0) is 25.1 Å². The summed E-state index contributed by atoms with van der Waals surface area (Å²) in [5, 5.41) is 0.882. The number of aryl methyl sites for hydroxylation is 1. The number of Topliss-reactive ketones (excluding diaryl/α,β-unsaturated/α-hetero) is 1. The number of carbonyl (C=O) groups is 1. The number of rotatable bonds is 3. The van der Waals surface area contributed by atoms with Crippen LogP contribution in [-0.4, -0.2) is 10.8 Å². The first-order valence-electron chi connectivity index (χ1n) is 6.17. The zero-order valence-electron chi connectivity index (χ0n) is 10.6. The van der Waals surface area contributed by atoms with Gasteiger partial charge in [0.1, 0.15) is 5.01 Å². The van der Waals surface area contributed by atoms with Gasteiger partial charge in [-0.15, -0.1) is 11.3 Å². The van der Waals surface area contributed by atoms with Crippen molar-refractivity contribution in [1.82, 2.24) is 4.98 Å². The minimum Gasteiger partial charge on any atom is -0.294 e. The minimum atomic E-state index is 0.128. The van der Waals surface area contributed by atoms with Gasteiger partial charge in [-0.1, -0.05) is 35.9 Å². The number of thiazole rings is 1. The largest absolute Gasteiger partial charge is 0.294 e. The van der Waals surface area contributed by atoms with Crippen molar-refractivity contribution in [3.05, 3.63) is 64.7 Å². The monoisotopic (exact) mass is 267 g/mol. The lowest BCUT2D eigenvalue weighted by molar-refractivity contribution is 0.0993. The van der Waals surface area contributed by atoms with Crippen LogP contribution >= 0.6 is 11.3 Å². The van der Waals surface area contributed by atoms with E-state index in [0.29, 0.717) is 6.42 Å². The first kappa shape index (κ1) is 12.1. The van der Waals surface area contributed by atoms with Gasteiger partial charge >= 0.3 is 0 Å². The van der Waals surface area contributed by atoms with Crippen molar-refractivity contribution in [1.29, 1.82) is 0 Å². The third kappa shape index (κ3) is 2.56. The molecule has 0 fully saturated rings. The van der Waals surface area contributed by atoms with Crippen LogP contribution in [0.2, 0.25) is 0 Å². The van der Waals surface area contributed by atoms with Crippen LogP contribution in [0.15, 0.2) is 48.5 Å². The summed E-state index contributed by atoms with van der Waals surface area (Å²) in [4.78, 5) is 16.7. The summed E-state index contributed by atoms with van der Waals surface area (Å²) in [5.41, 5.74) is 2.84. The summed E-state index contributed by atoms with van der Waals surface area (Å²) in [6.07, 6.45) is 0.378. The second-order valence-corrected chi connectivity index (χ2v) is 5.66. The molecule has 0 spiro atoms. The molecule has 0 unspecified atom stereocenters. The third-order valence-electron chi connectivity index (χ3n) is 2.99. The predicted molar refractivity (Wildman–Crippen MR) is 78.8 cm³/mol. The lowest BCUT2D eigenvalue weighted by atomic mass is 10.1. The molecule has 3 heteroatoms. The fourth-order valence-corrected chi connectivity index (χ4v) is 3.02. The second kappa shape index (κ2) is 4.94. The van der Waals surface area contributed by atoms with Crippen molar-refractivity contribution in [3.8, 4) is 0 Å². The number of hydrogen-bond donors (Lipinski definition) is 0. The van der Waals surface area contributed by atoms with Crippen LogP contribution in [0.25, 0.3) is 10.2 Å². The Kier molecular flexibility index (Phi) is 3.13. The van der Waals surface area contributed by atoms with Crippen LogP contribution in [0.1, 0.15) is 20.9 Å². The first-order valence-corrected chi connectivity index (χ1v) is 6.98. The van der Waals surface area contributed by atoms with Crippen LogP contribution in [0.5, 0.6) is 0 Å². The molecule has 0 aliphatic rings. The highest BCUT2D eigenvalue weighted by atomic mass is 32.1. The van der Waals surface area contributed by atoms with Gasteiger partial charge in [0, 0.05) is 5.56 Å². The Morgan fingerprint density at radius 2 is 2.00 bits per heavy atom. The van der Waals surface area contributed by atoms with Crippen LogP contribution < -0.4 is 0 Å². The molecule has 3 rings (SSSR count). The summed E-state index contributed by atoms with van der Waals surface area (Å²) < 4.78 is 1.13. The summed E-state index contributed by atoms with van der Waals surface area (Å²) in [6.45, 7) is 1.99. The second-order valence-electron chi connectivity index (χ2n) is 4.54. The van der Waals surface area contributed by atoms with Gasteiger partial charge in [0.15, 0.2) is 5.78 Å². The zero-order chi connectivity index (χ0) is 13.2. The van der Waals surface area contributed by atoms with Crippen molar-refractivity contribution in [2.75, 3.05) is 0 Å². The Bertz CT molecular complexity index is 712. The molecule has 0 aliphatic heterocycles. The molecule has 1 heterocycles. The molecule has 19 heavy (non-hydrogen) atoms. The average molecular weight is 267 g/mol. The Morgan fingerprint density at radius 3 is 2.79 bits per heavy atom. The van der Waals surface area contributed by atoms with Crippen LogP contribution in [0, 0.1) is 6.92 Å². The van der Waals surface area contributed by atoms with Gasteiger partial charge < -0.3 is 0 Å². The number of hydrogen-bond acceptors (Lipinski definition) is 3. The van der Waals surface area contributed by atoms with Crippen LogP contribution in [0.4, 0.5) is 0 Å². The summed E-state index contributed by atoms with van der Waals surface area (Å²) >= 11 is 1.59. The SMILES string of the molecule is Cc1cccc(C(=O)Cc2nc3ccccc3s2)c1. The van der Waals surface area contributed by atoms with Gasteiger partial charge in [-0.25, -0.2) is 4.98 Å². The lowest BCUT2D eigenvalue weighted by Crippen LogP contribution is -2.03. The topological polar surface area (TPSA) is 30.0 Å². The number of fused-ring (bicyclic) bond motifs is 1. The standard InChI is InChI=1S/C16H13NOS/c1-11-5-4-6-12(9-11)14(18)10-16-17-13-7-2-3-8-15(13)19-16/h2-9H,10H2,1H3. The predicted octanol–water partition coefficient (Wildman–Crippen LogP) is 4.03. The number of aromatic nitrogens is 1. The van der Waals surface area contributed by atoms with Crippen LogP contribution in [0.3, 0.4) is 0 Å². The van der Waals surface area contributed by atoms with E-state index in [0.717, 1.165) is 26.4 Å². The Labute approximate surface area is 115 Å². The Morgan fingerprint density at radius 1 is 1.16 bits per heavy atom. The van der Waals surface area contributed by atoms with Gasteiger partial charge in [0.05, 0.1) is 16.6 Å². The van der Waals surface area contributed by atoms with E-state index in [2.05, 4.69) is 4.98 Å². The van der Waals surface area contributed by atoms with Crippen molar-refractivity contribution in [2.45, 2.75) is 13.3 Å². The molecule has 0 bridgehead atoms. The summed E-state index contributed by atoms with van der Waals surface area (Å²) in [7, 11) is 0. The molecular weight excluding hydrogens is 254 g/mol. The van der Waals surface area contributed by atoms with E-state index in [1.807, 2.05) is 55.5 Å². The van der Waals surface area contributed by atoms with Crippen molar-refractivity contribution < 1.29 is 4.79 Å². The maximum atomic E-state index is 12.2. The highest BCUT2D eigenvalue weighted by Crippen LogP contribution is 2.22. The quantitative estimate of drug-likeness (QED) is 0.671. The first-order chi connectivity index (χ1) is 9.22. The molecule has 0 amide bonds. The molecule has 0 aliphatic carbocycles. The molecule has 2 aromatic carbocycles. The van der Waals surface area contributed by atoms with E-state index in [4.69, 9.17) is 0 Å². The summed E-state index contributed by atoms with van der Waals surface area (Å²) in [5.74, 6) is 0.128. The molecule has 2 nitrogen and oxygen atoms in total. The Balaban J connectivity index is 1.86. The maximum Gasteiger partial charge on any atom is 0.169 e. The average Bonchev–Trinajstić information content (AvgIpc) is 2.80. The zero-order valence-corrected chi connectivity index (χ0v) is 11.4. The normalized spacial score (nSPS) is 10.8. The number of nitrogens with zero attached hydrogens (tertiary/aromatic N) is 1. The lowest BCUT2D eigenvalue weighted by Gasteiger charge is -1.99. The van der Waals surface area contributed by atoms with E-state index < -0.39 is 0 Å². The molecule has 3 aromatic rings. The highest BCUT2D eigenvalue weighted by Gasteiger charge is 2.10. The van der Waals surface area contributed by atoms with Crippen molar-refractivity contribution >= 4 is 27.3 Å². The highest BCUT2D eigenvalue weighted by molar-refractivity contribution is 7.18. The van der Waals surface area contributed by atoms with E-state index in [-0.39, 0.29) is 5.78 Å². The molecule has 0 saturated heterocycles. The fourth-order valence-electron chi connectivity index (χ4n) is 2.05. The smallest absolute Gasteiger partial charge is 0.169 e. The van der Waals surface area contributed by atoms with E-state index >= 15 is 0 Å². The molecule has 94 valence electrons. The van der Waals surface area contributed by atoms with Gasteiger partial charge in [-0.2, -0.15) is 0 Å². The number of ketones is 1.